The van der Waals surface area contributed by atoms with Crippen LogP contribution in [0.1, 0.15) is 24.3 Å². The van der Waals surface area contributed by atoms with Crippen molar-refractivity contribution >= 4 is 11.6 Å². The van der Waals surface area contributed by atoms with Crippen LogP contribution in [0.25, 0.3) is 11.1 Å². The highest BCUT2D eigenvalue weighted by Gasteiger charge is 2.25. The highest BCUT2D eigenvalue weighted by Crippen LogP contribution is 2.33. The molecule has 0 aliphatic carbocycles. The van der Waals surface area contributed by atoms with E-state index in [0.29, 0.717) is 19.0 Å². The van der Waals surface area contributed by atoms with Crippen LogP contribution in [0, 0.1) is 0 Å². The van der Waals surface area contributed by atoms with Crippen LogP contribution in [0.3, 0.4) is 0 Å². The number of anilines is 2. The van der Waals surface area contributed by atoms with Crippen LogP contribution in [-0.4, -0.2) is 43.4 Å². The highest BCUT2D eigenvalue weighted by molar-refractivity contribution is 5.77. The van der Waals surface area contributed by atoms with E-state index in [1.165, 1.54) is 0 Å². The SMILES string of the molecule is CCc1ncnc(N2CCn3c(COC)nnc3C2)c1-c1ccc(N)nc1. The van der Waals surface area contributed by atoms with Gasteiger partial charge < -0.3 is 19.9 Å². The molecule has 1 aliphatic heterocycles. The molecular formula is C18H22N8O. The Morgan fingerprint density at radius 2 is 2.04 bits per heavy atom. The molecule has 4 heterocycles. The summed E-state index contributed by atoms with van der Waals surface area (Å²) in [5, 5.41) is 8.57. The molecule has 2 N–H and O–H groups in total. The Hall–Kier alpha value is -3.07. The predicted octanol–water partition coefficient (Wildman–Crippen LogP) is 1.44. The third kappa shape index (κ3) is 3.21. The van der Waals surface area contributed by atoms with Gasteiger partial charge in [0.15, 0.2) is 11.6 Å². The summed E-state index contributed by atoms with van der Waals surface area (Å²) in [5.74, 6) is 3.14. The maximum Gasteiger partial charge on any atom is 0.159 e. The monoisotopic (exact) mass is 366 g/mol. The third-order valence-electron chi connectivity index (χ3n) is 4.72. The van der Waals surface area contributed by atoms with Gasteiger partial charge in [0.2, 0.25) is 0 Å². The van der Waals surface area contributed by atoms with Crippen molar-refractivity contribution < 1.29 is 4.74 Å². The zero-order valence-corrected chi connectivity index (χ0v) is 15.5. The number of aryl methyl sites for hydroxylation is 1. The summed E-state index contributed by atoms with van der Waals surface area (Å²) >= 11 is 0. The minimum Gasteiger partial charge on any atom is -0.384 e. The van der Waals surface area contributed by atoms with Gasteiger partial charge in [-0.2, -0.15) is 0 Å². The molecule has 0 amide bonds. The van der Waals surface area contributed by atoms with Gasteiger partial charge in [-0.05, 0) is 18.6 Å². The molecule has 0 atom stereocenters. The van der Waals surface area contributed by atoms with Crippen LogP contribution in [0.2, 0.25) is 0 Å². The molecule has 27 heavy (non-hydrogen) atoms. The minimum absolute atomic E-state index is 0.461. The van der Waals surface area contributed by atoms with E-state index in [1.807, 2.05) is 6.07 Å². The van der Waals surface area contributed by atoms with Crippen molar-refractivity contribution in [1.82, 2.24) is 29.7 Å². The number of ether oxygens (including phenoxy) is 1. The van der Waals surface area contributed by atoms with E-state index in [2.05, 4.69) is 41.5 Å². The first-order valence-electron chi connectivity index (χ1n) is 8.91. The number of hydrogen-bond acceptors (Lipinski definition) is 8. The Morgan fingerprint density at radius 3 is 2.78 bits per heavy atom. The quantitative estimate of drug-likeness (QED) is 0.723. The number of hydrogen-bond donors (Lipinski definition) is 1. The Labute approximate surface area is 157 Å². The molecule has 0 radical (unpaired) electrons. The van der Waals surface area contributed by atoms with E-state index in [4.69, 9.17) is 10.5 Å². The van der Waals surface area contributed by atoms with Gasteiger partial charge in [-0.1, -0.05) is 6.92 Å². The average Bonchev–Trinajstić information content (AvgIpc) is 3.10. The Kier molecular flexibility index (Phi) is 4.68. The van der Waals surface area contributed by atoms with Gasteiger partial charge >= 0.3 is 0 Å². The molecule has 4 rings (SSSR count). The van der Waals surface area contributed by atoms with Crippen LogP contribution in [0.15, 0.2) is 24.7 Å². The second kappa shape index (κ2) is 7.28. The first-order valence-corrected chi connectivity index (χ1v) is 8.91. The number of fused-ring (bicyclic) bond motifs is 1. The molecule has 1 aliphatic rings. The van der Waals surface area contributed by atoms with Gasteiger partial charge in [-0.15, -0.1) is 10.2 Å². The van der Waals surface area contributed by atoms with Crippen molar-refractivity contribution in [3.8, 4) is 11.1 Å². The van der Waals surface area contributed by atoms with E-state index in [9.17, 15) is 0 Å². The minimum atomic E-state index is 0.461. The number of rotatable bonds is 5. The van der Waals surface area contributed by atoms with E-state index in [1.54, 1.807) is 25.7 Å². The van der Waals surface area contributed by atoms with Gasteiger partial charge in [0.05, 0.1) is 12.2 Å². The fourth-order valence-corrected chi connectivity index (χ4v) is 3.40. The Balaban J connectivity index is 1.73. The fraction of sp³-hybridized carbons (Fsp3) is 0.389. The predicted molar refractivity (Wildman–Crippen MR) is 101 cm³/mol. The summed E-state index contributed by atoms with van der Waals surface area (Å²) in [6, 6.07) is 3.77. The second-order valence-electron chi connectivity index (χ2n) is 6.38. The van der Waals surface area contributed by atoms with Crippen molar-refractivity contribution in [2.75, 3.05) is 24.3 Å². The molecule has 0 bridgehead atoms. The van der Waals surface area contributed by atoms with E-state index < -0.39 is 0 Å². The van der Waals surface area contributed by atoms with Gasteiger partial charge in [0, 0.05) is 37.5 Å². The van der Waals surface area contributed by atoms with Crippen molar-refractivity contribution in [2.45, 2.75) is 33.0 Å². The smallest absolute Gasteiger partial charge is 0.159 e. The molecule has 0 saturated carbocycles. The summed E-state index contributed by atoms with van der Waals surface area (Å²) in [6.45, 7) is 4.77. The largest absolute Gasteiger partial charge is 0.384 e. The van der Waals surface area contributed by atoms with Crippen LogP contribution in [0.4, 0.5) is 11.6 Å². The number of methoxy groups -OCH3 is 1. The van der Waals surface area contributed by atoms with Gasteiger partial charge in [-0.25, -0.2) is 15.0 Å². The molecule has 3 aromatic rings. The molecule has 0 aromatic carbocycles. The third-order valence-corrected chi connectivity index (χ3v) is 4.72. The normalized spacial score (nSPS) is 13.6. The molecule has 3 aromatic heterocycles. The van der Waals surface area contributed by atoms with Crippen molar-refractivity contribution in [2.24, 2.45) is 0 Å². The number of pyridine rings is 1. The second-order valence-corrected chi connectivity index (χ2v) is 6.38. The van der Waals surface area contributed by atoms with Gasteiger partial charge in [0.25, 0.3) is 0 Å². The van der Waals surface area contributed by atoms with E-state index >= 15 is 0 Å². The van der Waals surface area contributed by atoms with E-state index in [0.717, 1.165) is 53.8 Å². The summed E-state index contributed by atoms with van der Waals surface area (Å²) < 4.78 is 7.32. The molecular weight excluding hydrogens is 344 g/mol. The lowest BCUT2D eigenvalue weighted by atomic mass is 10.0. The zero-order valence-electron chi connectivity index (χ0n) is 15.5. The molecule has 0 unspecified atom stereocenters. The Morgan fingerprint density at radius 1 is 1.15 bits per heavy atom. The fourth-order valence-electron chi connectivity index (χ4n) is 3.40. The van der Waals surface area contributed by atoms with Crippen LogP contribution >= 0.6 is 0 Å². The van der Waals surface area contributed by atoms with E-state index in [-0.39, 0.29) is 0 Å². The molecule has 0 spiro atoms. The zero-order chi connectivity index (χ0) is 18.8. The highest BCUT2D eigenvalue weighted by atomic mass is 16.5. The summed E-state index contributed by atoms with van der Waals surface area (Å²) in [6.07, 6.45) is 4.20. The number of nitrogens with zero attached hydrogens (tertiary/aromatic N) is 7. The topological polar surface area (TPSA) is 108 Å². The maximum atomic E-state index is 5.76. The first kappa shape index (κ1) is 17.3. The van der Waals surface area contributed by atoms with Crippen LogP contribution in [0.5, 0.6) is 0 Å². The van der Waals surface area contributed by atoms with Gasteiger partial charge in [-0.3, -0.25) is 0 Å². The average molecular weight is 366 g/mol. The summed E-state index contributed by atoms with van der Waals surface area (Å²) in [5.41, 5.74) is 8.70. The van der Waals surface area contributed by atoms with Gasteiger partial charge in [0.1, 0.15) is 24.6 Å². The van der Waals surface area contributed by atoms with Crippen molar-refractivity contribution in [3.05, 3.63) is 42.0 Å². The van der Waals surface area contributed by atoms with Crippen molar-refractivity contribution in [1.29, 1.82) is 0 Å². The number of aromatic nitrogens is 6. The first-order chi connectivity index (χ1) is 13.2. The van der Waals surface area contributed by atoms with Crippen LogP contribution < -0.4 is 10.6 Å². The standard InChI is InChI=1S/C18H22N8O/c1-3-13-17(12-4-5-14(19)20-8-12)18(22-11-21-13)25-6-7-26-15(9-25)23-24-16(26)10-27-2/h4-5,8,11H,3,6-7,9-10H2,1-2H3,(H2,19,20). The van der Waals surface area contributed by atoms with Crippen molar-refractivity contribution in [3.63, 3.8) is 0 Å². The molecule has 0 saturated heterocycles. The lowest BCUT2D eigenvalue weighted by Gasteiger charge is -2.30. The molecule has 0 fully saturated rings. The van der Waals surface area contributed by atoms with Crippen LogP contribution in [-0.2, 0) is 30.9 Å². The maximum absolute atomic E-state index is 5.76. The molecule has 9 heteroatoms. The lowest BCUT2D eigenvalue weighted by Crippen LogP contribution is -2.35. The molecule has 140 valence electrons. The Bertz CT molecular complexity index is 937. The number of nitrogens with two attached hydrogens (primary N) is 1. The lowest BCUT2D eigenvalue weighted by molar-refractivity contribution is 0.173. The number of nitrogen functional groups attached to an aromatic ring is 1. The summed E-state index contributed by atoms with van der Waals surface area (Å²) in [4.78, 5) is 15.5. The molecule has 9 nitrogen and oxygen atoms in total. The summed E-state index contributed by atoms with van der Waals surface area (Å²) in [7, 11) is 1.66.